The van der Waals surface area contributed by atoms with Crippen LogP contribution in [0.2, 0.25) is 0 Å². The highest BCUT2D eigenvalue weighted by Gasteiger charge is 2.18. The molecule has 3 nitrogen and oxygen atoms in total. The zero-order chi connectivity index (χ0) is 11.2. The van der Waals surface area contributed by atoms with Gasteiger partial charge in [-0.25, -0.2) is 0 Å². The summed E-state index contributed by atoms with van der Waals surface area (Å²) in [5.41, 5.74) is 1.32. The minimum absolute atomic E-state index is 0.676. The molecule has 0 aliphatic carbocycles. The molecule has 1 aliphatic heterocycles. The van der Waals surface area contributed by atoms with Gasteiger partial charge in [0.05, 0.1) is 0 Å². The zero-order valence-corrected chi connectivity index (χ0v) is 10.0. The molecule has 2 heterocycles. The van der Waals surface area contributed by atoms with Gasteiger partial charge in [-0.1, -0.05) is 19.4 Å². The Labute approximate surface area is 97.9 Å². The van der Waals surface area contributed by atoms with Crippen molar-refractivity contribution in [1.29, 1.82) is 0 Å². The summed E-state index contributed by atoms with van der Waals surface area (Å²) in [6.45, 7) is 6.72. The summed E-state index contributed by atoms with van der Waals surface area (Å²) >= 11 is 0. The lowest BCUT2D eigenvalue weighted by molar-refractivity contribution is 0.186. The quantitative estimate of drug-likeness (QED) is 0.834. The first-order valence-corrected chi connectivity index (χ1v) is 6.23. The molecule has 1 aliphatic rings. The Morgan fingerprint density at radius 3 is 3.25 bits per heavy atom. The lowest BCUT2D eigenvalue weighted by atomic mass is 10.1. The predicted molar refractivity (Wildman–Crippen MR) is 66.2 cm³/mol. The molecular formula is C13H21N3. The maximum Gasteiger partial charge on any atom is 0.0312 e. The second-order valence-corrected chi connectivity index (χ2v) is 4.54. The van der Waals surface area contributed by atoms with Gasteiger partial charge in [0.1, 0.15) is 0 Å². The van der Waals surface area contributed by atoms with Crippen molar-refractivity contribution in [2.45, 2.75) is 32.4 Å². The first-order chi connectivity index (χ1) is 7.88. The summed E-state index contributed by atoms with van der Waals surface area (Å²) in [4.78, 5) is 6.68. The van der Waals surface area contributed by atoms with Crippen LogP contribution in [0.3, 0.4) is 0 Å². The highest BCUT2D eigenvalue weighted by Crippen LogP contribution is 2.09. The number of piperazine rings is 1. The van der Waals surface area contributed by atoms with Crippen molar-refractivity contribution >= 4 is 0 Å². The highest BCUT2D eigenvalue weighted by molar-refractivity contribution is 5.08. The van der Waals surface area contributed by atoms with Gasteiger partial charge in [-0.3, -0.25) is 9.88 Å². The van der Waals surface area contributed by atoms with Gasteiger partial charge >= 0.3 is 0 Å². The van der Waals surface area contributed by atoms with Gasteiger partial charge in [-0.05, 0) is 18.1 Å². The van der Waals surface area contributed by atoms with Crippen molar-refractivity contribution in [2.24, 2.45) is 0 Å². The molecule has 0 radical (unpaired) electrons. The Morgan fingerprint density at radius 2 is 2.50 bits per heavy atom. The molecule has 1 aromatic heterocycles. The minimum atomic E-state index is 0.676. The largest absolute Gasteiger partial charge is 0.311 e. The molecule has 0 aromatic carbocycles. The zero-order valence-electron chi connectivity index (χ0n) is 10.0. The van der Waals surface area contributed by atoms with Crippen molar-refractivity contribution in [1.82, 2.24) is 15.2 Å². The van der Waals surface area contributed by atoms with Gasteiger partial charge in [0.2, 0.25) is 0 Å². The minimum Gasteiger partial charge on any atom is -0.311 e. The van der Waals surface area contributed by atoms with Crippen LogP contribution in [0.5, 0.6) is 0 Å². The first kappa shape index (κ1) is 11.6. The summed E-state index contributed by atoms with van der Waals surface area (Å²) in [5.74, 6) is 0. The fourth-order valence-corrected chi connectivity index (χ4v) is 2.33. The number of hydrogen-bond donors (Lipinski definition) is 1. The Kier molecular flexibility index (Phi) is 4.31. The second-order valence-electron chi connectivity index (χ2n) is 4.54. The summed E-state index contributed by atoms with van der Waals surface area (Å²) in [6, 6.07) is 4.85. The third-order valence-electron chi connectivity index (χ3n) is 3.11. The summed E-state index contributed by atoms with van der Waals surface area (Å²) in [7, 11) is 0. The van der Waals surface area contributed by atoms with Crippen LogP contribution in [-0.2, 0) is 6.54 Å². The summed E-state index contributed by atoms with van der Waals surface area (Å²) in [5, 5.41) is 3.58. The maximum atomic E-state index is 4.16. The third kappa shape index (κ3) is 3.29. The normalized spacial score (nSPS) is 22.2. The number of nitrogens with zero attached hydrogens (tertiary/aromatic N) is 2. The lowest BCUT2D eigenvalue weighted by Crippen LogP contribution is -2.50. The van der Waals surface area contributed by atoms with Crippen LogP contribution >= 0.6 is 0 Å². The number of hydrogen-bond acceptors (Lipinski definition) is 3. The van der Waals surface area contributed by atoms with E-state index in [1.54, 1.807) is 0 Å². The van der Waals surface area contributed by atoms with E-state index in [1.807, 2.05) is 18.5 Å². The molecule has 2 rings (SSSR count). The Bertz CT molecular complexity index is 297. The molecule has 1 N–H and O–H groups in total. The lowest BCUT2D eigenvalue weighted by Gasteiger charge is -2.33. The fraction of sp³-hybridized carbons (Fsp3) is 0.615. The van der Waals surface area contributed by atoms with Crippen molar-refractivity contribution in [3.8, 4) is 0 Å². The summed E-state index contributed by atoms with van der Waals surface area (Å²) < 4.78 is 0. The molecule has 88 valence electrons. The van der Waals surface area contributed by atoms with Gasteiger partial charge in [-0.2, -0.15) is 0 Å². The van der Waals surface area contributed by atoms with Gasteiger partial charge < -0.3 is 5.32 Å². The Hall–Kier alpha value is -0.930. The van der Waals surface area contributed by atoms with Crippen LogP contribution in [0, 0.1) is 0 Å². The average Bonchev–Trinajstić information content (AvgIpc) is 2.31. The summed E-state index contributed by atoms with van der Waals surface area (Å²) in [6.07, 6.45) is 6.35. The standard InChI is InChI=1S/C13H21N3/c1-2-4-13-11-16(8-7-15-13)10-12-5-3-6-14-9-12/h3,5-6,9,13,15H,2,4,7-8,10-11H2,1H3. The molecule has 1 unspecified atom stereocenters. The van der Waals surface area contributed by atoms with Crippen molar-refractivity contribution in [2.75, 3.05) is 19.6 Å². The van der Waals surface area contributed by atoms with Crippen LogP contribution in [0.15, 0.2) is 24.5 Å². The first-order valence-electron chi connectivity index (χ1n) is 6.23. The van der Waals surface area contributed by atoms with Crippen LogP contribution in [0.1, 0.15) is 25.3 Å². The van der Waals surface area contributed by atoms with Crippen LogP contribution in [0.25, 0.3) is 0 Å². The van der Waals surface area contributed by atoms with E-state index < -0.39 is 0 Å². The SMILES string of the molecule is CCCC1CN(Cc2cccnc2)CCN1. The maximum absolute atomic E-state index is 4.16. The predicted octanol–water partition coefficient (Wildman–Crippen LogP) is 1.66. The number of aromatic nitrogens is 1. The van der Waals surface area contributed by atoms with Gasteiger partial charge in [0, 0.05) is 44.6 Å². The molecular weight excluding hydrogens is 198 g/mol. The molecule has 0 saturated carbocycles. The Balaban J connectivity index is 1.85. The topological polar surface area (TPSA) is 28.2 Å². The van der Waals surface area contributed by atoms with E-state index in [0.717, 1.165) is 19.6 Å². The van der Waals surface area contributed by atoms with E-state index in [0.29, 0.717) is 6.04 Å². The molecule has 3 heteroatoms. The third-order valence-corrected chi connectivity index (χ3v) is 3.11. The van der Waals surface area contributed by atoms with Crippen molar-refractivity contribution in [3.63, 3.8) is 0 Å². The molecule has 1 fully saturated rings. The van der Waals surface area contributed by atoms with Crippen molar-refractivity contribution < 1.29 is 0 Å². The molecule has 1 saturated heterocycles. The molecule has 0 spiro atoms. The molecule has 1 atom stereocenters. The van der Waals surface area contributed by atoms with E-state index >= 15 is 0 Å². The molecule has 0 amide bonds. The average molecular weight is 219 g/mol. The monoisotopic (exact) mass is 219 g/mol. The second kappa shape index (κ2) is 5.97. The van der Waals surface area contributed by atoms with E-state index in [9.17, 15) is 0 Å². The van der Waals surface area contributed by atoms with Gasteiger partial charge in [0.25, 0.3) is 0 Å². The molecule has 1 aromatic rings. The highest BCUT2D eigenvalue weighted by atomic mass is 15.2. The van der Waals surface area contributed by atoms with E-state index in [4.69, 9.17) is 0 Å². The van der Waals surface area contributed by atoms with E-state index in [2.05, 4.69) is 28.2 Å². The fourth-order valence-electron chi connectivity index (χ4n) is 2.33. The van der Waals surface area contributed by atoms with Crippen molar-refractivity contribution in [3.05, 3.63) is 30.1 Å². The number of pyridine rings is 1. The van der Waals surface area contributed by atoms with Crippen LogP contribution < -0.4 is 5.32 Å². The van der Waals surface area contributed by atoms with Gasteiger partial charge in [0.15, 0.2) is 0 Å². The number of nitrogens with one attached hydrogen (secondary N) is 1. The smallest absolute Gasteiger partial charge is 0.0312 e. The number of rotatable bonds is 4. The van der Waals surface area contributed by atoms with Gasteiger partial charge in [-0.15, -0.1) is 0 Å². The molecule has 0 bridgehead atoms. The van der Waals surface area contributed by atoms with E-state index in [1.165, 1.54) is 24.9 Å². The Morgan fingerprint density at radius 1 is 1.56 bits per heavy atom. The molecule has 16 heavy (non-hydrogen) atoms. The van der Waals surface area contributed by atoms with E-state index in [-0.39, 0.29) is 0 Å². The van der Waals surface area contributed by atoms with Crippen LogP contribution in [-0.4, -0.2) is 35.6 Å². The van der Waals surface area contributed by atoms with Crippen LogP contribution in [0.4, 0.5) is 0 Å².